The van der Waals surface area contributed by atoms with Gasteiger partial charge in [-0.15, -0.1) is 0 Å². The van der Waals surface area contributed by atoms with Crippen LogP contribution in [0.3, 0.4) is 0 Å². The fraction of sp³-hybridized carbons (Fsp3) is 0.154. The lowest BCUT2D eigenvalue weighted by Crippen LogP contribution is -2.04. The van der Waals surface area contributed by atoms with Crippen LogP contribution in [0, 0.1) is 5.82 Å². The summed E-state index contributed by atoms with van der Waals surface area (Å²) < 4.78 is 13.5. The highest BCUT2D eigenvalue weighted by molar-refractivity contribution is 6.31. The molecule has 0 amide bonds. The molecule has 0 spiro atoms. The molecule has 0 bridgehead atoms. The molecular formula is C13H10Cl2FNO. The lowest BCUT2D eigenvalue weighted by atomic mass is 10.0. The first-order valence-electron chi connectivity index (χ1n) is 5.29. The van der Waals surface area contributed by atoms with Crippen LogP contribution >= 0.6 is 23.2 Å². The van der Waals surface area contributed by atoms with Gasteiger partial charge in [-0.3, -0.25) is 4.98 Å². The van der Waals surface area contributed by atoms with Crippen molar-refractivity contribution in [1.82, 2.24) is 4.98 Å². The molecule has 2 aromatic rings. The second-order valence-electron chi connectivity index (χ2n) is 3.85. The van der Waals surface area contributed by atoms with E-state index in [1.807, 2.05) is 0 Å². The molecular weight excluding hydrogens is 276 g/mol. The summed E-state index contributed by atoms with van der Waals surface area (Å²) in [5.41, 5.74) is 0.869. The molecule has 18 heavy (non-hydrogen) atoms. The van der Waals surface area contributed by atoms with E-state index in [1.54, 1.807) is 6.07 Å². The van der Waals surface area contributed by atoms with Crippen LogP contribution in [0.4, 0.5) is 4.39 Å². The first-order valence-corrected chi connectivity index (χ1v) is 6.05. The molecule has 0 radical (unpaired) electrons. The van der Waals surface area contributed by atoms with Gasteiger partial charge < -0.3 is 5.11 Å². The molecule has 0 aliphatic rings. The van der Waals surface area contributed by atoms with Gasteiger partial charge in [-0.1, -0.05) is 23.2 Å². The van der Waals surface area contributed by atoms with Crippen LogP contribution in [0.2, 0.25) is 10.0 Å². The van der Waals surface area contributed by atoms with Gasteiger partial charge in [0, 0.05) is 29.4 Å². The maximum atomic E-state index is 13.5. The van der Waals surface area contributed by atoms with E-state index < -0.39 is 11.9 Å². The third kappa shape index (κ3) is 2.99. The number of benzene rings is 1. The van der Waals surface area contributed by atoms with E-state index >= 15 is 0 Å². The molecule has 1 N–H and O–H groups in total. The summed E-state index contributed by atoms with van der Waals surface area (Å²) in [5.74, 6) is -0.399. The molecule has 0 saturated carbocycles. The van der Waals surface area contributed by atoms with Gasteiger partial charge in [0.2, 0.25) is 0 Å². The van der Waals surface area contributed by atoms with Crippen LogP contribution in [0.15, 0.2) is 36.7 Å². The van der Waals surface area contributed by atoms with Crippen LogP contribution in [0.5, 0.6) is 0 Å². The zero-order chi connectivity index (χ0) is 13.1. The average molecular weight is 286 g/mol. The number of hydrogen-bond donors (Lipinski definition) is 1. The van der Waals surface area contributed by atoms with E-state index in [-0.39, 0.29) is 6.42 Å². The van der Waals surface area contributed by atoms with Gasteiger partial charge >= 0.3 is 0 Å². The average Bonchev–Trinajstić information content (AvgIpc) is 2.34. The lowest BCUT2D eigenvalue weighted by molar-refractivity contribution is 0.177. The van der Waals surface area contributed by atoms with Gasteiger partial charge in [-0.05, 0) is 29.8 Å². The number of aliphatic hydroxyl groups excluding tert-OH is 1. The van der Waals surface area contributed by atoms with Crippen molar-refractivity contribution in [3.8, 4) is 0 Å². The smallest absolute Gasteiger partial charge is 0.126 e. The summed E-state index contributed by atoms with van der Waals surface area (Å²) in [6.07, 6.45) is 2.18. The van der Waals surface area contributed by atoms with Crippen molar-refractivity contribution in [2.45, 2.75) is 12.5 Å². The van der Waals surface area contributed by atoms with Crippen LogP contribution in [0.1, 0.15) is 17.2 Å². The van der Waals surface area contributed by atoms with E-state index in [1.165, 1.54) is 30.6 Å². The van der Waals surface area contributed by atoms with Crippen molar-refractivity contribution in [3.05, 3.63) is 63.6 Å². The molecule has 0 aliphatic heterocycles. The standard InChI is InChI=1S/C13H10Cl2FNO/c14-9-1-2-12(16)8(5-9)6-13(18)10-3-4-17-7-11(10)15/h1-5,7,13,18H,6H2. The summed E-state index contributed by atoms with van der Waals surface area (Å²) in [6.45, 7) is 0. The summed E-state index contributed by atoms with van der Waals surface area (Å²) in [5, 5.41) is 10.8. The van der Waals surface area contributed by atoms with Gasteiger partial charge in [-0.2, -0.15) is 0 Å². The Morgan fingerprint density at radius 3 is 2.78 bits per heavy atom. The molecule has 1 aromatic heterocycles. The zero-order valence-electron chi connectivity index (χ0n) is 9.28. The Labute approximate surface area is 114 Å². The van der Waals surface area contributed by atoms with Crippen LogP contribution in [-0.2, 0) is 6.42 Å². The van der Waals surface area contributed by atoms with Gasteiger partial charge in [0.1, 0.15) is 5.82 Å². The highest BCUT2D eigenvalue weighted by Gasteiger charge is 2.14. The van der Waals surface area contributed by atoms with Gasteiger partial charge in [0.15, 0.2) is 0 Å². The summed E-state index contributed by atoms with van der Waals surface area (Å²) in [4.78, 5) is 3.83. The maximum absolute atomic E-state index is 13.5. The number of rotatable bonds is 3. The summed E-state index contributed by atoms with van der Waals surface area (Å²) in [6, 6.07) is 5.84. The SMILES string of the molecule is OC(Cc1cc(Cl)ccc1F)c1ccncc1Cl. The molecule has 2 rings (SSSR count). The number of aliphatic hydroxyl groups is 1. The molecule has 0 aliphatic carbocycles. The van der Waals surface area contributed by atoms with Crippen LogP contribution < -0.4 is 0 Å². The van der Waals surface area contributed by atoms with E-state index in [9.17, 15) is 9.50 Å². The van der Waals surface area contributed by atoms with Gasteiger partial charge in [-0.25, -0.2) is 4.39 Å². The summed E-state index contributed by atoms with van der Waals surface area (Å²) >= 11 is 11.7. The topological polar surface area (TPSA) is 33.1 Å². The first kappa shape index (κ1) is 13.3. The Bertz CT molecular complexity index is 562. The Balaban J connectivity index is 2.24. The molecule has 0 saturated heterocycles. The number of nitrogens with zero attached hydrogens (tertiary/aromatic N) is 1. The van der Waals surface area contributed by atoms with Crippen LogP contribution in [-0.4, -0.2) is 10.1 Å². The minimum atomic E-state index is -0.895. The number of pyridine rings is 1. The molecule has 1 aromatic carbocycles. The Hall–Kier alpha value is -1.16. The van der Waals surface area contributed by atoms with Crippen molar-refractivity contribution in [1.29, 1.82) is 0 Å². The molecule has 1 heterocycles. The number of hydrogen-bond acceptors (Lipinski definition) is 2. The van der Waals surface area contributed by atoms with Crippen molar-refractivity contribution in [2.24, 2.45) is 0 Å². The van der Waals surface area contributed by atoms with Crippen molar-refractivity contribution < 1.29 is 9.50 Å². The first-order chi connectivity index (χ1) is 8.58. The van der Waals surface area contributed by atoms with E-state index in [2.05, 4.69) is 4.98 Å². The Morgan fingerprint density at radius 1 is 1.28 bits per heavy atom. The highest BCUT2D eigenvalue weighted by Crippen LogP contribution is 2.26. The van der Waals surface area contributed by atoms with Crippen molar-refractivity contribution >= 4 is 23.2 Å². The monoisotopic (exact) mass is 285 g/mol. The quantitative estimate of drug-likeness (QED) is 0.930. The van der Waals surface area contributed by atoms with Crippen LogP contribution in [0.25, 0.3) is 0 Å². The minimum absolute atomic E-state index is 0.107. The predicted octanol–water partition coefficient (Wildman–Crippen LogP) is 3.80. The third-order valence-electron chi connectivity index (χ3n) is 2.58. The fourth-order valence-electron chi connectivity index (χ4n) is 1.67. The van der Waals surface area contributed by atoms with Gasteiger partial charge in [0.05, 0.1) is 11.1 Å². The minimum Gasteiger partial charge on any atom is -0.388 e. The van der Waals surface area contributed by atoms with E-state index in [0.29, 0.717) is 21.2 Å². The normalized spacial score (nSPS) is 12.4. The Morgan fingerprint density at radius 2 is 2.06 bits per heavy atom. The third-order valence-corrected chi connectivity index (χ3v) is 3.13. The van der Waals surface area contributed by atoms with Gasteiger partial charge in [0.25, 0.3) is 0 Å². The number of aromatic nitrogens is 1. The summed E-state index contributed by atoms with van der Waals surface area (Å²) in [7, 11) is 0. The van der Waals surface area contributed by atoms with Crippen molar-refractivity contribution in [3.63, 3.8) is 0 Å². The predicted molar refractivity (Wildman–Crippen MR) is 69.3 cm³/mol. The molecule has 2 nitrogen and oxygen atoms in total. The number of halogens is 3. The zero-order valence-corrected chi connectivity index (χ0v) is 10.8. The fourth-order valence-corrected chi connectivity index (χ4v) is 2.11. The highest BCUT2D eigenvalue weighted by atomic mass is 35.5. The molecule has 1 unspecified atom stereocenters. The lowest BCUT2D eigenvalue weighted by Gasteiger charge is -2.13. The second kappa shape index (κ2) is 5.65. The Kier molecular flexibility index (Phi) is 4.17. The molecule has 0 fully saturated rings. The largest absolute Gasteiger partial charge is 0.388 e. The van der Waals surface area contributed by atoms with E-state index in [0.717, 1.165) is 0 Å². The van der Waals surface area contributed by atoms with E-state index in [4.69, 9.17) is 23.2 Å². The maximum Gasteiger partial charge on any atom is 0.126 e. The molecule has 5 heteroatoms. The second-order valence-corrected chi connectivity index (χ2v) is 4.70. The molecule has 1 atom stereocenters. The molecule has 94 valence electrons. The van der Waals surface area contributed by atoms with Crippen molar-refractivity contribution in [2.75, 3.05) is 0 Å².